The maximum atomic E-state index is 11.9. The molecule has 5 nitrogen and oxygen atoms in total. The molecule has 1 unspecified atom stereocenters. The molecule has 1 heterocycles. The Kier molecular flexibility index (Phi) is 4.69. The molecule has 1 amide bonds. The lowest BCUT2D eigenvalue weighted by Gasteiger charge is -2.24. The summed E-state index contributed by atoms with van der Waals surface area (Å²) in [5, 5.41) is 14.6. The normalized spacial score (nSPS) is 16.4. The van der Waals surface area contributed by atoms with Crippen molar-refractivity contribution in [3.63, 3.8) is 0 Å². The van der Waals surface area contributed by atoms with E-state index in [1.54, 1.807) is 6.92 Å². The summed E-state index contributed by atoms with van der Waals surface area (Å²) in [7, 11) is 0. The number of carboxylic acids is 1. The van der Waals surface area contributed by atoms with E-state index < -0.39 is 5.97 Å². The van der Waals surface area contributed by atoms with Crippen LogP contribution in [-0.2, 0) is 9.59 Å². The van der Waals surface area contributed by atoms with Crippen LogP contribution in [0.3, 0.4) is 0 Å². The number of carbonyl (C=O) groups is 2. The van der Waals surface area contributed by atoms with Crippen LogP contribution < -0.4 is 10.6 Å². The Morgan fingerprint density at radius 3 is 2.35 bits per heavy atom. The molecule has 0 saturated carbocycles. The average Bonchev–Trinajstić information content (AvgIpc) is 2.12. The Balaban J connectivity index is 2.60. The Bertz CT molecular complexity index is 342. The van der Waals surface area contributed by atoms with Gasteiger partial charge in [-0.25, -0.2) is 0 Å². The minimum absolute atomic E-state index is 0.0374. The molecule has 5 heteroatoms. The molecule has 1 rings (SSSR count). The van der Waals surface area contributed by atoms with Gasteiger partial charge in [0.1, 0.15) is 0 Å². The fourth-order valence-corrected chi connectivity index (χ4v) is 1.59. The molecule has 1 saturated heterocycles. The van der Waals surface area contributed by atoms with Crippen LogP contribution in [0.15, 0.2) is 11.1 Å². The minimum atomic E-state index is -0.889. The summed E-state index contributed by atoms with van der Waals surface area (Å²) >= 11 is 0. The van der Waals surface area contributed by atoms with Crippen molar-refractivity contribution in [2.45, 2.75) is 33.2 Å². The second kappa shape index (κ2) is 5.82. The number of carbonyl (C=O) groups excluding carboxylic acids is 1. The number of aliphatic carboxylic acids is 1. The molecule has 1 fully saturated rings. The molecule has 1 aliphatic rings. The highest BCUT2D eigenvalue weighted by atomic mass is 16.4. The molecule has 0 aromatic heterocycles. The zero-order chi connectivity index (χ0) is 13.0. The molecule has 0 aromatic carbocycles. The van der Waals surface area contributed by atoms with Crippen LogP contribution in [-0.4, -0.2) is 36.1 Å². The van der Waals surface area contributed by atoms with Crippen LogP contribution in [0.2, 0.25) is 0 Å². The van der Waals surface area contributed by atoms with E-state index in [4.69, 9.17) is 5.11 Å². The lowest BCUT2D eigenvalue weighted by molar-refractivity contribution is -0.138. The molecule has 0 aromatic rings. The van der Waals surface area contributed by atoms with Crippen molar-refractivity contribution in [2.24, 2.45) is 5.92 Å². The SMILES string of the molecule is CC(C(=O)NC(CC(=O)O)C(C)C)=C1CNC1. The highest BCUT2D eigenvalue weighted by Crippen LogP contribution is 2.11. The third kappa shape index (κ3) is 3.85. The largest absolute Gasteiger partial charge is 0.481 e. The second-order valence-electron chi connectivity index (χ2n) is 4.75. The van der Waals surface area contributed by atoms with Gasteiger partial charge in [0.25, 0.3) is 0 Å². The number of nitrogens with one attached hydrogen (secondary N) is 2. The third-order valence-corrected chi connectivity index (χ3v) is 3.06. The van der Waals surface area contributed by atoms with Crippen molar-refractivity contribution in [3.8, 4) is 0 Å². The van der Waals surface area contributed by atoms with E-state index in [1.807, 2.05) is 13.8 Å². The fourth-order valence-electron chi connectivity index (χ4n) is 1.59. The number of carboxylic acid groups (broad SMARTS) is 1. The van der Waals surface area contributed by atoms with Crippen molar-refractivity contribution < 1.29 is 14.7 Å². The van der Waals surface area contributed by atoms with Crippen molar-refractivity contribution in [1.82, 2.24) is 10.6 Å². The van der Waals surface area contributed by atoms with E-state index >= 15 is 0 Å². The van der Waals surface area contributed by atoms with Crippen molar-refractivity contribution in [2.75, 3.05) is 13.1 Å². The van der Waals surface area contributed by atoms with Gasteiger partial charge in [0.15, 0.2) is 0 Å². The molecule has 3 N–H and O–H groups in total. The molecule has 1 atom stereocenters. The summed E-state index contributed by atoms with van der Waals surface area (Å²) in [6, 6.07) is -0.316. The lowest BCUT2D eigenvalue weighted by Crippen LogP contribution is -2.43. The van der Waals surface area contributed by atoms with Gasteiger partial charge in [0.05, 0.1) is 6.42 Å². The number of hydrogen-bond donors (Lipinski definition) is 3. The monoisotopic (exact) mass is 240 g/mol. The zero-order valence-corrected chi connectivity index (χ0v) is 10.5. The van der Waals surface area contributed by atoms with E-state index in [-0.39, 0.29) is 24.3 Å². The van der Waals surface area contributed by atoms with Gasteiger partial charge in [-0.15, -0.1) is 0 Å². The summed E-state index contributed by atoms with van der Waals surface area (Å²) in [6.07, 6.45) is -0.0374. The minimum Gasteiger partial charge on any atom is -0.481 e. The molecule has 0 radical (unpaired) electrons. The summed E-state index contributed by atoms with van der Waals surface area (Å²) in [5.41, 5.74) is 1.81. The molecule has 1 aliphatic heterocycles. The smallest absolute Gasteiger partial charge is 0.305 e. The highest BCUT2D eigenvalue weighted by Gasteiger charge is 2.22. The third-order valence-electron chi connectivity index (χ3n) is 3.06. The maximum absolute atomic E-state index is 11.9. The van der Waals surface area contributed by atoms with Gasteiger partial charge in [0, 0.05) is 24.7 Å². The predicted molar refractivity (Wildman–Crippen MR) is 64.6 cm³/mol. The van der Waals surface area contributed by atoms with Gasteiger partial charge >= 0.3 is 5.97 Å². The predicted octanol–water partition coefficient (Wildman–Crippen LogP) is 0.522. The van der Waals surface area contributed by atoms with E-state index in [2.05, 4.69) is 10.6 Å². The van der Waals surface area contributed by atoms with Crippen molar-refractivity contribution >= 4 is 11.9 Å². The molecule has 0 spiro atoms. The lowest BCUT2D eigenvalue weighted by atomic mass is 9.99. The van der Waals surface area contributed by atoms with E-state index in [9.17, 15) is 9.59 Å². The number of amides is 1. The van der Waals surface area contributed by atoms with E-state index in [1.165, 1.54) is 0 Å². The van der Waals surface area contributed by atoms with E-state index in [0.717, 1.165) is 18.7 Å². The first-order valence-corrected chi connectivity index (χ1v) is 5.83. The second-order valence-corrected chi connectivity index (χ2v) is 4.75. The van der Waals surface area contributed by atoms with Gasteiger partial charge in [-0.3, -0.25) is 9.59 Å². The Hall–Kier alpha value is -1.36. The molecule has 17 heavy (non-hydrogen) atoms. The molecule has 96 valence electrons. The van der Waals surface area contributed by atoms with Crippen LogP contribution in [0.1, 0.15) is 27.2 Å². The molecular formula is C12H20N2O3. The van der Waals surface area contributed by atoms with E-state index in [0.29, 0.717) is 5.57 Å². The molecular weight excluding hydrogens is 220 g/mol. The van der Waals surface area contributed by atoms with Gasteiger partial charge in [-0.2, -0.15) is 0 Å². The average molecular weight is 240 g/mol. The highest BCUT2D eigenvalue weighted by molar-refractivity contribution is 5.94. The Labute approximate surface area is 101 Å². The first-order valence-electron chi connectivity index (χ1n) is 5.83. The van der Waals surface area contributed by atoms with Crippen LogP contribution >= 0.6 is 0 Å². The van der Waals surface area contributed by atoms with Gasteiger partial charge in [-0.05, 0) is 18.4 Å². The summed E-state index contributed by atoms with van der Waals surface area (Å²) < 4.78 is 0. The molecule has 0 aliphatic carbocycles. The quantitative estimate of drug-likeness (QED) is 0.612. The summed E-state index contributed by atoms with van der Waals surface area (Å²) in [4.78, 5) is 22.6. The first-order chi connectivity index (χ1) is 7.91. The van der Waals surface area contributed by atoms with Crippen LogP contribution in [0, 0.1) is 5.92 Å². The van der Waals surface area contributed by atoms with Crippen molar-refractivity contribution in [3.05, 3.63) is 11.1 Å². The fraction of sp³-hybridized carbons (Fsp3) is 0.667. The van der Waals surface area contributed by atoms with Crippen LogP contribution in [0.4, 0.5) is 0 Å². The Morgan fingerprint density at radius 2 is 2.00 bits per heavy atom. The van der Waals surface area contributed by atoms with Gasteiger partial charge in [-0.1, -0.05) is 13.8 Å². The van der Waals surface area contributed by atoms with Gasteiger partial charge in [0.2, 0.25) is 5.91 Å². The standard InChI is InChI=1S/C12H20N2O3/c1-7(2)10(4-11(15)16)14-12(17)8(3)9-5-13-6-9/h7,10,13H,4-6H2,1-3H3,(H,14,17)(H,15,16). The van der Waals surface area contributed by atoms with Crippen LogP contribution in [0.25, 0.3) is 0 Å². The first kappa shape index (κ1) is 13.7. The van der Waals surface area contributed by atoms with Crippen molar-refractivity contribution in [1.29, 1.82) is 0 Å². The summed E-state index contributed by atoms with van der Waals surface area (Å²) in [6.45, 7) is 7.10. The molecule has 0 bridgehead atoms. The maximum Gasteiger partial charge on any atom is 0.305 e. The summed E-state index contributed by atoms with van der Waals surface area (Å²) in [5.74, 6) is -0.937. The number of hydrogen-bond acceptors (Lipinski definition) is 3. The zero-order valence-electron chi connectivity index (χ0n) is 10.5. The van der Waals surface area contributed by atoms with Gasteiger partial charge < -0.3 is 15.7 Å². The topological polar surface area (TPSA) is 78.4 Å². The Morgan fingerprint density at radius 1 is 1.41 bits per heavy atom. The van der Waals surface area contributed by atoms with Crippen LogP contribution in [0.5, 0.6) is 0 Å². The number of rotatable bonds is 5.